The lowest BCUT2D eigenvalue weighted by Crippen LogP contribution is -2.30. The molecule has 2 aromatic rings. The predicted octanol–water partition coefficient (Wildman–Crippen LogP) is 2.25. The maximum Gasteiger partial charge on any atom is 0.335 e. The van der Waals surface area contributed by atoms with Crippen molar-refractivity contribution >= 4 is 22.4 Å². The van der Waals surface area contributed by atoms with Gasteiger partial charge in [0, 0.05) is 13.1 Å². The molecule has 0 unspecified atom stereocenters. The number of carbonyl (C=O) groups is 1. The summed E-state index contributed by atoms with van der Waals surface area (Å²) in [7, 11) is 0. The van der Waals surface area contributed by atoms with E-state index in [0.717, 1.165) is 36.0 Å². The third kappa shape index (κ3) is 1.91. The second kappa shape index (κ2) is 4.31. The van der Waals surface area contributed by atoms with Crippen LogP contribution in [0.25, 0.3) is 10.8 Å². The lowest BCUT2D eigenvalue weighted by molar-refractivity contribution is 0.0697. The van der Waals surface area contributed by atoms with E-state index in [0.29, 0.717) is 5.56 Å². The number of nitrogens with zero attached hydrogens (tertiary/aromatic N) is 1. The summed E-state index contributed by atoms with van der Waals surface area (Å²) in [6, 6.07) is 11.3. The Morgan fingerprint density at radius 2 is 1.94 bits per heavy atom. The van der Waals surface area contributed by atoms with Crippen LogP contribution in [-0.2, 0) is 0 Å². The minimum absolute atomic E-state index is 0.328. The molecule has 1 fully saturated rings. The van der Waals surface area contributed by atoms with Crippen molar-refractivity contribution in [1.29, 1.82) is 0 Å². The number of hydrogen-bond donors (Lipinski definition) is 2. The van der Waals surface area contributed by atoms with Crippen molar-refractivity contribution in [3.05, 3.63) is 42.0 Å². The Hall–Kier alpha value is -2.07. The third-order valence-corrected chi connectivity index (χ3v) is 3.24. The molecule has 0 radical (unpaired) electrons. The lowest BCUT2D eigenvalue weighted by Gasteiger charge is -2.18. The molecule has 1 saturated heterocycles. The van der Waals surface area contributed by atoms with Gasteiger partial charge in [-0.15, -0.1) is 0 Å². The molecule has 0 aromatic heterocycles. The Balaban J connectivity index is 2.02. The van der Waals surface area contributed by atoms with Crippen molar-refractivity contribution in [2.75, 3.05) is 18.1 Å². The van der Waals surface area contributed by atoms with Gasteiger partial charge in [-0.1, -0.05) is 12.1 Å². The van der Waals surface area contributed by atoms with Crippen LogP contribution in [0.2, 0.25) is 0 Å². The Kier molecular flexibility index (Phi) is 2.64. The zero-order chi connectivity index (χ0) is 12.5. The minimum atomic E-state index is -0.887. The normalized spacial score (nSPS) is 15.2. The van der Waals surface area contributed by atoms with Gasteiger partial charge in [0.15, 0.2) is 0 Å². The van der Waals surface area contributed by atoms with Crippen LogP contribution in [0.15, 0.2) is 36.4 Å². The third-order valence-electron chi connectivity index (χ3n) is 3.24. The first-order valence-corrected chi connectivity index (χ1v) is 6.02. The number of nitrogens with one attached hydrogen (secondary N) is 1. The number of anilines is 1. The van der Waals surface area contributed by atoms with Crippen molar-refractivity contribution in [1.82, 2.24) is 5.43 Å². The SMILES string of the molecule is O=C(O)c1ccc2cc(N3CCCN3)ccc2c1. The molecule has 0 amide bonds. The maximum absolute atomic E-state index is 10.9. The summed E-state index contributed by atoms with van der Waals surface area (Å²) >= 11 is 0. The zero-order valence-electron chi connectivity index (χ0n) is 9.89. The number of rotatable bonds is 2. The molecule has 0 spiro atoms. The van der Waals surface area contributed by atoms with Crippen LogP contribution in [0.4, 0.5) is 5.69 Å². The van der Waals surface area contributed by atoms with Crippen LogP contribution in [0.1, 0.15) is 16.8 Å². The number of fused-ring (bicyclic) bond motifs is 1. The molecule has 1 heterocycles. The predicted molar refractivity (Wildman–Crippen MR) is 70.9 cm³/mol. The highest BCUT2D eigenvalue weighted by Gasteiger charge is 2.12. The van der Waals surface area contributed by atoms with E-state index in [-0.39, 0.29) is 0 Å². The number of carboxylic acid groups (broad SMARTS) is 1. The summed E-state index contributed by atoms with van der Waals surface area (Å²) in [6.07, 6.45) is 1.15. The van der Waals surface area contributed by atoms with Crippen molar-refractivity contribution in [3.8, 4) is 0 Å². The molecule has 4 nitrogen and oxygen atoms in total. The topological polar surface area (TPSA) is 52.6 Å². The standard InChI is InChI=1S/C14H14N2O2/c17-14(18)12-3-2-11-9-13(5-4-10(11)8-12)16-7-1-6-15-16/h2-5,8-9,15H,1,6-7H2,(H,17,18). The highest BCUT2D eigenvalue weighted by atomic mass is 16.4. The fourth-order valence-corrected chi connectivity index (χ4v) is 2.28. The molecule has 2 N–H and O–H groups in total. The van der Waals surface area contributed by atoms with Crippen molar-refractivity contribution in [3.63, 3.8) is 0 Å². The van der Waals surface area contributed by atoms with Gasteiger partial charge < -0.3 is 10.1 Å². The molecule has 92 valence electrons. The molecule has 0 aliphatic carbocycles. The van der Waals surface area contributed by atoms with E-state index in [4.69, 9.17) is 5.11 Å². The van der Waals surface area contributed by atoms with E-state index in [9.17, 15) is 4.79 Å². The Morgan fingerprint density at radius 3 is 2.67 bits per heavy atom. The Morgan fingerprint density at radius 1 is 1.17 bits per heavy atom. The summed E-state index contributed by atoms with van der Waals surface area (Å²) in [5.74, 6) is -0.887. The first-order valence-electron chi connectivity index (χ1n) is 6.02. The van der Waals surface area contributed by atoms with Gasteiger partial charge in [-0.05, 0) is 41.5 Å². The van der Waals surface area contributed by atoms with Gasteiger partial charge in [-0.25, -0.2) is 10.2 Å². The van der Waals surface area contributed by atoms with Gasteiger partial charge in [0.25, 0.3) is 0 Å². The van der Waals surface area contributed by atoms with Gasteiger partial charge >= 0.3 is 5.97 Å². The van der Waals surface area contributed by atoms with Crippen LogP contribution < -0.4 is 10.4 Å². The van der Waals surface area contributed by atoms with Gasteiger partial charge in [-0.3, -0.25) is 0 Å². The first-order chi connectivity index (χ1) is 8.74. The molecule has 0 bridgehead atoms. The Bertz CT molecular complexity index is 604. The van der Waals surface area contributed by atoms with E-state index in [1.165, 1.54) is 0 Å². The summed E-state index contributed by atoms with van der Waals surface area (Å²) < 4.78 is 0. The molecule has 4 heteroatoms. The molecule has 18 heavy (non-hydrogen) atoms. The summed E-state index contributed by atoms with van der Waals surface area (Å²) in [6.45, 7) is 2.02. The average molecular weight is 242 g/mol. The summed E-state index contributed by atoms with van der Waals surface area (Å²) in [5.41, 5.74) is 4.76. The second-order valence-electron chi connectivity index (χ2n) is 4.46. The van der Waals surface area contributed by atoms with Crippen LogP contribution in [0.3, 0.4) is 0 Å². The number of hydrogen-bond acceptors (Lipinski definition) is 3. The smallest absolute Gasteiger partial charge is 0.335 e. The van der Waals surface area contributed by atoms with E-state index in [2.05, 4.69) is 16.5 Å². The lowest BCUT2D eigenvalue weighted by atomic mass is 10.1. The van der Waals surface area contributed by atoms with E-state index >= 15 is 0 Å². The van der Waals surface area contributed by atoms with Gasteiger partial charge in [0.05, 0.1) is 11.3 Å². The highest BCUT2D eigenvalue weighted by Crippen LogP contribution is 2.23. The monoisotopic (exact) mass is 242 g/mol. The summed E-state index contributed by atoms with van der Waals surface area (Å²) in [5, 5.41) is 13.1. The van der Waals surface area contributed by atoms with E-state index in [1.54, 1.807) is 12.1 Å². The number of carboxylic acids is 1. The Labute approximate surface area is 105 Å². The molecule has 1 aliphatic heterocycles. The molecule has 2 aromatic carbocycles. The number of hydrazine groups is 1. The molecular formula is C14H14N2O2. The van der Waals surface area contributed by atoms with E-state index in [1.807, 2.05) is 18.2 Å². The first kappa shape index (κ1) is 11.0. The molecule has 1 aliphatic rings. The maximum atomic E-state index is 10.9. The van der Waals surface area contributed by atoms with Gasteiger partial charge in [0.1, 0.15) is 0 Å². The van der Waals surface area contributed by atoms with Crippen LogP contribution in [0.5, 0.6) is 0 Å². The largest absolute Gasteiger partial charge is 0.478 e. The number of benzene rings is 2. The van der Waals surface area contributed by atoms with E-state index < -0.39 is 5.97 Å². The molecule has 0 saturated carbocycles. The zero-order valence-corrected chi connectivity index (χ0v) is 9.89. The van der Waals surface area contributed by atoms with Crippen molar-refractivity contribution in [2.24, 2.45) is 0 Å². The quantitative estimate of drug-likeness (QED) is 0.848. The van der Waals surface area contributed by atoms with Gasteiger partial charge in [0.2, 0.25) is 0 Å². The van der Waals surface area contributed by atoms with Crippen molar-refractivity contribution < 1.29 is 9.90 Å². The highest BCUT2D eigenvalue weighted by molar-refractivity contribution is 5.95. The molecular weight excluding hydrogens is 228 g/mol. The van der Waals surface area contributed by atoms with Crippen molar-refractivity contribution in [2.45, 2.75) is 6.42 Å². The number of aromatic carboxylic acids is 1. The van der Waals surface area contributed by atoms with Crippen LogP contribution >= 0.6 is 0 Å². The average Bonchev–Trinajstić information content (AvgIpc) is 2.91. The molecule has 0 atom stereocenters. The summed E-state index contributed by atoms with van der Waals surface area (Å²) in [4.78, 5) is 10.9. The fraction of sp³-hybridized carbons (Fsp3) is 0.214. The second-order valence-corrected chi connectivity index (χ2v) is 4.46. The fourth-order valence-electron chi connectivity index (χ4n) is 2.28. The molecule has 3 rings (SSSR count). The van der Waals surface area contributed by atoms with Crippen LogP contribution in [0, 0.1) is 0 Å². The van der Waals surface area contributed by atoms with Gasteiger partial charge in [-0.2, -0.15) is 0 Å². The minimum Gasteiger partial charge on any atom is -0.478 e. The van der Waals surface area contributed by atoms with Crippen LogP contribution in [-0.4, -0.2) is 24.2 Å².